The second-order valence-electron chi connectivity index (χ2n) is 4.90. The molecule has 0 radical (unpaired) electrons. The van der Waals surface area contributed by atoms with E-state index in [0.29, 0.717) is 10.8 Å². The van der Waals surface area contributed by atoms with Gasteiger partial charge in [-0.25, -0.2) is 0 Å². The maximum Gasteiger partial charge on any atom is 0.454 e. The predicted octanol–water partition coefficient (Wildman–Crippen LogP) is 5.25. The molecule has 110 valence electrons. The highest BCUT2D eigenvalue weighted by Crippen LogP contribution is 2.33. The fraction of sp³-hybridized carbons (Fsp3) is 0.0556. The molecule has 0 spiro atoms. The molecular weight excluding hydrogens is 289 g/mol. The van der Waals surface area contributed by atoms with Crippen molar-refractivity contribution in [1.29, 1.82) is 0 Å². The molecule has 0 fully saturated rings. The van der Waals surface area contributed by atoms with Gasteiger partial charge in [-0.15, -0.1) is 0 Å². The number of carbonyl (C=O) groups excluding carboxylic acids is 1. The molecule has 0 N–H and O–H groups in total. The smallest absolute Gasteiger partial charge is 0.284 e. The molecule has 0 heterocycles. The topological polar surface area (TPSA) is 17.1 Å². The zero-order valence-corrected chi connectivity index (χ0v) is 11.4. The van der Waals surface area contributed by atoms with Crippen LogP contribution in [0.5, 0.6) is 0 Å². The zero-order valence-electron chi connectivity index (χ0n) is 11.4. The van der Waals surface area contributed by atoms with Gasteiger partial charge in [0.15, 0.2) is 0 Å². The Morgan fingerprint density at radius 3 is 1.95 bits per heavy atom. The Kier molecular flexibility index (Phi) is 3.45. The molecule has 0 bridgehead atoms. The summed E-state index contributed by atoms with van der Waals surface area (Å²) in [6, 6.07) is 18.8. The molecule has 0 aliphatic heterocycles. The van der Waals surface area contributed by atoms with E-state index in [1.807, 2.05) is 30.3 Å². The van der Waals surface area contributed by atoms with E-state index in [2.05, 4.69) is 0 Å². The lowest BCUT2D eigenvalue weighted by Gasteiger charge is -2.12. The molecule has 0 unspecified atom stereocenters. The number of Topliss-reactive ketones (excluding diaryl/α,β-unsaturated/α-hetero) is 1. The maximum absolute atomic E-state index is 12.7. The molecular formula is C18H11F3O. The van der Waals surface area contributed by atoms with Crippen LogP contribution < -0.4 is 0 Å². The Hall–Kier alpha value is -2.62. The normalized spacial score (nSPS) is 11.6. The minimum atomic E-state index is -4.88. The van der Waals surface area contributed by atoms with Crippen LogP contribution in [0.25, 0.3) is 21.9 Å². The van der Waals surface area contributed by atoms with Crippen molar-refractivity contribution in [1.82, 2.24) is 0 Å². The third-order valence-corrected chi connectivity index (χ3v) is 3.51. The molecule has 22 heavy (non-hydrogen) atoms. The van der Waals surface area contributed by atoms with Crippen LogP contribution in [0.2, 0.25) is 0 Å². The molecule has 0 aliphatic carbocycles. The van der Waals surface area contributed by atoms with Crippen LogP contribution in [0.1, 0.15) is 10.4 Å². The second-order valence-corrected chi connectivity index (χ2v) is 4.90. The van der Waals surface area contributed by atoms with Crippen LogP contribution >= 0.6 is 0 Å². The first-order valence-corrected chi connectivity index (χ1v) is 6.67. The van der Waals surface area contributed by atoms with E-state index in [1.165, 1.54) is 6.07 Å². The molecule has 0 aliphatic rings. The van der Waals surface area contributed by atoms with Gasteiger partial charge in [0.2, 0.25) is 0 Å². The van der Waals surface area contributed by atoms with E-state index >= 15 is 0 Å². The molecule has 3 rings (SSSR count). The van der Waals surface area contributed by atoms with E-state index in [-0.39, 0.29) is 5.56 Å². The third-order valence-electron chi connectivity index (χ3n) is 3.51. The lowest BCUT2D eigenvalue weighted by molar-refractivity contribution is -0.0884. The van der Waals surface area contributed by atoms with Gasteiger partial charge in [0.05, 0.1) is 0 Å². The number of alkyl halides is 3. The van der Waals surface area contributed by atoms with Gasteiger partial charge < -0.3 is 0 Å². The van der Waals surface area contributed by atoms with Gasteiger partial charge in [-0.05, 0) is 28.0 Å². The van der Waals surface area contributed by atoms with Crippen molar-refractivity contribution in [2.24, 2.45) is 0 Å². The van der Waals surface area contributed by atoms with Crippen LogP contribution in [0.15, 0.2) is 66.7 Å². The quantitative estimate of drug-likeness (QED) is 0.591. The lowest BCUT2D eigenvalue weighted by Crippen LogP contribution is -2.22. The summed E-state index contributed by atoms with van der Waals surface area (Å²) in [5.41, 5.74) is 1.38. The summed E-state index contributed by atoms with van der Waals surface area (Å²) in [4.78, 5) is 11.6. The maximum atomic E-state index is 12.7. The number of rotatable bonds is 2. The predicted molar refractivity (Wildman–Crippen MR) is 79.8 cm³/mol. The summed E-state index contributed by atoms with van der Waals surface area (Å²) in [6.07, 6.45) is -4.88. The van der Waals surface area contributed by atoms with Crippen LogP contribution in [0.4, 0.5) is 13.2 Å². The standard InChI is InChI=1S/C18H11F3O/c19-18(20,21)17(22)16-11-10-13(12-6-2-1-3-7-12)14-8-4-5-9-15(14)16/h1-11H. The average molecular weight is 300 g/mol. The highest BCUT2D eigenvalue weighted by Gasteiger charge is 2.40. The first kappa shape index (κ1) is 14.3. The third kappa shape index (κ3) is 2.48. The van der Waals surface area contributed by atoms with E-state index in [0.717, 1.165) is 11.1 Å². The van der Waals surface area contributed by atoms with Crippen LogP contribution in [-0.2, 0) is 0 Å². The van der Waals surface area contributed by atoms with E-state index < -0.39 is 12.0 Å². The summed E-state index contributed by atoms with van der Waals surface area (Å²) >= 11 is 0. The van der Waals surface area contributed by atoms with Gasteiger partial charge in [-0.3, -0.25) is 4.79 Å². The van der Waals surface area contributed by atoms with Crippen molar-refractivity contribution in [3.8, 4) is 11.1 Å². The van der Waals surface area contributed by atoms with Gasteiger partial charge in [-0.2, -0.15) is 13.2 Å². The Morgan fingerprint density at radius 2 is 1.32 bits per heavy atom. The first-order valence-electron chi connectivity index (χ1n) is 6.67. The van der Waals surface area contributed by atoms with Gasteiger partial charge >= 0.3 is 6.18 Å². The van der Waals surface area contributed by atoms with Crippen LogP contribution in [0, 0.1) is 0 Å². The van der Waals surface area contributed by atoms with Crippen molar-refractivity contribution in [3.63, 3.8) is 0 Å². The largest absolute Gasteiger partial charge is 0.454 e. The summed E-state index contributed by atoms with van der Waals surface area (Å²) < 4.78 is 38.2. The minimum Gasteiger partial charge on any atom is -0.284 e. The molecule has 1 nitrogen and oxygen atoms in total. The van der Waals surface area contributed by atoms with E-state index in [4.69, 9.17) is 0 Å². The van der Waals surface area contributed by atoms with Crippen molar-refractivity contribution in [3.05, 3.63) is 72.3 Å². The van der Waals surface area contributed by atoms with Crippen molar-refractivity contribution >= 4 is 16.6 Å². The highest BCUT2D eigenvalue weighted by molar-refractivity contribution is 6.13. The molecule has 3 aromatic carbocycles. The van der Waals surface area contributed by atoms with Crippen molar-refractivity contribution < 1.29 is 18.0 Å². The molecule has 3 aromatic rings. The lowest BCUT2D eigenvalue weighted by atomic mass is 9.93. The molecule has 0 atom stereocenters. The Morgan fingerprint density at radius 1 is 0.727 bits per heavy atom. The average Bonchev–Trinajstić information content (AvgIpc) is 2.53. The number of ketones is 1. The van der Waals surface area contributed by atoms with Gasteiger partial charge in [0.1, 0.15) is 0 Å². The van der Waals surface area contributed by atoms with Gasteiger partial charge in [0, 0.05) is 5.56 Å². The fourth-order valence-corrected chi connectivity index (χ4v) is 2.52. The number of benzene rings is 3. The molecule has 0 saturated carbocycles. The Bertz CT molecular complexity index is 836. The van der Waals surface area contributed by atoms with Gasteiger partial charge in [-0.1, -0.05) is 60.7 Å². The van der Waals surface area contributed by atoms with E-state index in [9.17, 15) is 18.0 Å². The van der Waals surface area contributed by atoms with Crippen LogP contribution in [0.3, 0.4) is 0 Å². The monoisotopic (exact) mass is 300 g/mol. The summed E-state index contributed by atoms with van der Waals surface area (Å²) in [6.45, 7) is 0. The number of hydrogen-bond donors (Lipinski definition) is 0. The van der Waals surface area contributed by atoms with Crippen molar-refractivity contribution in [2.75, 3.05) is 0 Å². The minimum absolute atomic E-state index is 0.311. The Labute approximate surface area is 125 Å². The molecule has 4 heteroatoms. The molecule has 0 aromatic heterocycles. The fourth-order valence-electron chi connectivity index (χ4n) is 2.52. The van der Waals surface area contributed by atoms with Crippen molar-refractivity contribution in [2.45, 2.75) is 6.18 Å². The molecule has 0 amide bonds. The number of hydrogen-bond acceptors (Lipinski definition) is 1. The SMILES string of the molecule is O=C(c1ccc(-c2ccccc2)c2ccccc12)C(F)(F)F. The second kappa shape index (κ2) is 5.30. The number of halogens is 3. The molecule has 0 saturated heterocycles. The number of carbonyl (C=O) groups is 1. The highest BCUT2D eigenvalue weighted by atomic mass is 19.4. The Balaban J connectivity index is 2.27. The summed E-state index contributed by atoms with van der Waals surface area (Å²) in [5, 5.41) is 0.940. The first-order chi connectivity index (χ1) is 10.5. The zero-order chi connectivity index (χ0) is 15.7. The van der Waals surface area contributed by atoms with E-state index in [1.54, 1.807) is 30.3 Å². The van der Waals surface area contributed by atoms with Crippen LogP contribution in [-0.4, -0.2) is 12.0 Å². The summed E-state index contributed by atoms with van der Waals surface area (Å²) in [5.74, 6) is -1.82. The van der Waals surface area contributed by atoms with Gasteiger partial charge in [0.25, 0.3) is 5.78 Å². The number of fused-ring (bicyclic) bond motifs is 1. The summed E-state index contributed by atoms with van der Waals surface area (Å²) in [7, 11) is 0.